The van der Waals surface area contributed by atoms with Crippen molar-refractivity contribution in [3.05, 3.63) is 35.9 Å². The lowest BCUT2D eigenvalue weighted by Gasteiger charge is -2.22. The molecular weight excluding hydrogens is 230 g/mol. The van der Waals surface area contributed by atoms with E-state index in [1.54, 1.807) is 12.0 Å². The van der Waals surface area contributed by atoms with Gasteiger partial charge in [0.1, 0.15) is 0 Å². The highest BCUT2D eigenvalue weighted by Crippen LogP contribution is 2.07. The fourth-order valence-electron chi connectivity index (χ4n) is 1.69. The molecule has 0 fully saturated rings. The van der Waals surface area contributed by atoms with Crippen LogP contribution in [0.15, 0.2) is 30.3 Å². The van der Waals surface area contributed by atoms with Crippen molar-refractivity contribution in [3.63, 3.8) is 0 Å². The van der Waals surface area contributed by atoms with E-state index in [-0.39, 0.29) is 12.5 Å². The van der Waals surface area contributed by atoms with E-state index in [9.17, 15) is 4.79 Å². The minimum Gasteiger partial charge on any atom is -0.396 e. The van der Waals surface area contributed by atoms with Crippen LogP contribution in [-0.2, 0) is 16.1 Å². The Labute approximate surface area is 108 Å². The molecule has 100 valence electrons. The van der Waals surface area contributed by atoms with E-state index in [1.165, 1.54) is 0 Å². The van der Waals surface area contributed by atoms with Crippen molar-refractivity contribution in [1.29, 1.82) is 0 Å². The highest BCUT2D eigenvalue weighted by molar-refractivity contribution is 5.76. The molecule has 1 aromatic carbocycles. The van der Waals surface area contributed by atoms with E-state index in [2.05, 4.69) is 0 Å². The molecule has 1 rings (SSSR count). The number of benzene rings is 1. The summed E-state index contributed by atoms with van der Waals surface area (Å²) in [5.41, 5.74) is 1.10. The van der Waals surface area contributed by atoms with Crippen LogP contribution in [0.3, 0.4) is 0 Å². The average Bonchev–Trinajstić information content (AvgIpc) is 2.42. The van der Waals surface area contributed by atoms with Gasteiger partial charge in [-0.25, -0.2) is 0 Å². The molecule has 1 N–H and O–H groups in total. The smallest absolute Gasteiger partial charge is 0.223 e. The lowest BCUT2D eigenvalue weighted by atomic mass is 10.2. The quantitative estimate of drug-likeness (QED) is 0.760. The zero-order chi connectivity index (χ0) is 13.2. The Kier molecular flexibility index (Phi) is 7.06. The number of rotatable bonds is 8. The maximum absolute atomic E-state index is 12.0. The first-order valence-corrected chi connectivity index (χ1v) is 6.19. The molecule has 0 saturated heterocycles. The number of ether oxygens (including phenoxy) is 1. The van der Waals surface area contributed by atoms with Crippen LogP contribution in [0.4, 0.5) is 0 Å². The van der Waals surface area contributed by atoms with Gasteiger partial charge in [-0.2, -0.15) is 0 Å². The summed E-state index contributed by atoms with van der Waals surface area (Å²) in [6.07, 6.45) is 0.893. The van der Waals surface area contributed by atoms with Gasteiger partial charge in [0, 0.05) is 33.2 Å². The summed E-state index contributed by atoms with van der Waals surface area (Å²) in [6, 6.07) is 9.87. The van der Waals surface area contributed by atoms with Crippen LogP contribution in [0.2, 0.25) is 0 Å². The van der Waals surface area contributed by atoms with Crippen LogP contribution < -0.4 is 0 Å². The van der Waals surface area contributed by atoms with E-state index in [0.29, 0.717) is 32.5 Å². The zero-order valence-corrected chi connectivity index (χ0v) is 10.8. The predicted octanol–water partition coefficient (Wildman–Crippen LogP) is 1.43. The lowest BCUT2D eigenvalue weighted by molar-refractivity contribution is -0.132. The number of aliphatic hydroxyl groups is 1. The Morgan fingerprint density at radius 2 is 2.06 bits per heavy atom. The third kappa shape index (κ3) is 5.29. The van der Waals surface area contributed by atoms with Gasteiger partial charge in [-0.3, -0.25) is 4.79 Å². The topological polar surface area (TPSA) is 49.8 Å². The molecule has 0 aliphatic carbocycles. The second-order valence-corrected chi connectivity index (χ2v) is 4.12. The summed E-state index contributed by atoms with van der Waals surface area (Å²) in [4.78, 5) is 13.7. The fourth-order valence-corrected chi connectivity index (χ4v) is 1.69. The standard InChI is InChI=1S/C14H21NO3/c1-18-11-9-15(14(17)8-5-10-16)12-13-6-3-2-4-7-13/h2-4,6-7,16H,5,8-12H2,1H3. The van der Waals surface area contributed by atoms with Crippen molar-refractivity contribution in [2.75, 3.05) is 26.9 Å². The Morgan fingerprint density at radius 1 is 1.33 bits per heavy atom. The van der Waals surface area contributed by atoms with Crippen LogP contribution in [0.1, 0.15) is 18.4 Å². The number of aliphatic hydroxyl groups excluding tert-OH is 1. The minimum atomic E-state index is 0.0508. The number of nitrogens with zero attached hydrogens (tertiary/aromatic N) is 1. The van der Waals surface area contributed by atoms with Crippen LogP contribution in [-0.4, -0.2) is 42.8 Å². The van der Waals surface area contributed by atoms with E-state index in [0.717, 1.165) is 5.56 Å². The number of carbonyl (C=O) groups excluding carboxylic acids is 1. The normalized spacial score (nSPS) is 10.3. The lowest BCUT2D eigenvalue weighted by Crippen LogP contribution is -2.33. The summed E-state index contributed by atoms with van der Waals surface area (Å²) in [5.74, 6) is 0.0601. The van der Waals surface area contributed by atoms with Gasteiger partial charge in [-0.05, 0) is 12.0 Å². The molecule has 4 heteroatoms. The predicted molar refractivity (Wildman–Crippen MR) is 70.1 cm³/mol. The van der Waals surface area contributed by atoms with Crippen LogP contribution in [0.25, 0.3) is 0 Å². The van der Waals surface area contributed by atoms with Crippen molar-refractivity contribution in [2.24, 2.45) is 0 Å². The van der Waals surface area contributed by atoms with Gasteiger partial charge in [0.15, 0.2) is 0 Å². The first kappa shape index (κ1) is 14.7. The van der Waals surface area contributed by atoms with Crippen LogP contribution in [0.5, 0.6) is 0 Å². The highest BCUT2D eigenvalue weighted by Gasteiger charge is 2.13. The zero-order valence-electron chi connectivity index (χ0n) is 10.8. The summed E-state index contributed by atoms with van der Waals surface area (Å²) in [5, 5.41) is 8.77. The molecule has 0 aromatic heterocycles. The van der Waals surface area contributed by atoms with E-state index >= 15 is 0 Å². The molecule has 0 heterocycles. The summed E-state index contributed by atoms with van der Waals surface area (Å²) in [6.45, 7) is 1.75. The maximum Gasteiger partial charge on any atom is 0.223 e. The van der Waals surface area contributed by atoms with Gasteiger partial charge in [0.25, 0.3) is 0 Å². The molecule has 0 spiro atoms. The highest BCUT2D eigenvalue weighted by atomic mass is 16.5. The molecule has 0 aliphatic rings. The second kappa shape index (κ2) is 8.66. The molecular formula is C14H21NO3. The first-order valence-electron chi connectivity index (χ1n) is 6.19. The molecule has 0 aliphatic heterocycles. The van der Waals surface area contributed by atoms with E-state index < -0.39 is 0 Å². The second-order valence-electron chi connectivity index (χ2n) is 4.12. The Morgan fingerprint density at radius 3 is 2.67 bits per heavy atom. The molecule has 0 saturated carbocycles. The Balaban J connectivity index is 2.57. The van der Waals surface area contributed by atoms with Gasteiger partial charge in [-0.15, -0.1) is 0 Å². The van der Waals surface area contributed by atoms with E-state index in [4.69, 9.17) is 9.84 Å². The summed E-state index contributed by atoms with van der Waals surface area (Å²) < 4.78 is 5.02. The summed E-state index contributed by atoms with van der Waals surface area (Å²) in [7, 11) is 1.62. The molecule has 18 heavy (non-hydrogen) atoms. The monoisotopic (exact) mass is 251 g/mol. The Bertz CT molecular complexity index is 340. The number of carbonyl (C=O) groups is 1. The van der Waals surface area contributed by atoms with Crippen molar-refractivity contribution < 1.29 is 14.6 Å². The summed E-state index contributed by atoms with van der Waals surface area (Å²) >= 11 is 0. The third-order valence-electron chi connectivity index (χ3n) is 2.68. The minimum absolute atomic E-state index is 0.0508. The van der Waals surface area contributed by atoms with Crippen molar-refractivity contribution in [3.8, 4) is 0 Å². The van der Waals surface area contributed by atoms with Crippen molar-refractivity contribution >= 4 is 5.91 Å². The third-order valence-corrected chi connectivity index (χ3v) is 2.68. The number of hydrogen-bond donors (Lipinski definition) is 1. The molecule has 0 radical (unpaired) electrons. The molecule has 0 atom stereocenters. The van der Waals surface area contributed by atoms with Crippen LogP contribution in [0, 0.1) is 0 Å². The molecule has 1 amide bonds. The fraction of sp³-hybridized carbons (Fsp3) is 0.500. The molecule has 0 bridgehead atoms. The number of methoxy groups -OCH3 is 1. The Hall–Kier alpha value is -1.39. The molecule has 0 unspecified atom stereocenters. The van der Waals surface area contributed by atoms with E-state index in [1.807, 2.05) is 30.3 Å². The number of amides is 1. The van der Waals surface area contributed by atoms with Gasteiger partial charge in [0.2, 0.25) is 5.91 Å². The van der Waals surface area contributed by atoms with Crippen molar-refractivity contribution in [1.82, 2.24) is 4.90 Å². The van der Waals surface area contributed by atoms with Crippen molar-refractivity contribution in [2.45, 2.75) is 19.4 Å². The largest absolute Gasteiger partial charge is 0.396 e. The number of hydrogen-bond acceptors (Lipinski definition) is 3. The average molecular weight is 251 g/mol. The van der Waals surface area contributed by atoms with Gasteiger partial charge in [-0.1, -0.05) is 30.3 Å². The van der Waals surface area contributed by atoms with Gasteiger partial charge in [0.05, 0.1) is 6.61 Å². The molecule has 4 nitrogen and oxygen atoms in total. The maximum atomic E-state index is 12.0. The SMILES string of the molecule is COCCN(Cc1ccccc1)C(=O)CCCO. The first-order chi connectivity index (χ1) is 8.77. The van der Waals surface area contributed by atoms with Gasteiger partial charge < -0.3 is 14.7 Å². The van der Waals surface area contributed by atoms with Crippen LogP contribution >= 0.6 is 0 Å². The van der Waals surface area contributed by atoms with Gasteiger partial charge >= 0.3 is 0 Å². The molecule has 1 aromatic rings.